The Hall–Kier alpha value is -1.49. The summed E-state index contributed by atoms with van der Waals surface area (Å²) in [7, 11) is 0. The summed E-state index contributed by atoms with van der Waals surface area (Å²) in [5.74, 6) is -1.77. The van der Waals surface area contributed by atoms with Gasteiger partial charge in [0.15, 0.2) is 11.6 Å². The van der Waals surface area contributed by atoms with Crippen molar-refractivity contribution in [1.82, 2.24) is 5.32 Å². The lowest BCUT2D eigenvalue weighted by molar-refractivity contribution is -0.119. The standard InChI is InChI=1S/C14H18F2N2O/c1-2-9-6-7-17-12(8-9)14(19)18-11-5-3-4-10(15)13(11)16/h3-5,9,12,17H,2,6-8H2,1H3,(H,18,19). The lowest BCUT2D eigenvalue weighted by Gasteiger charge is -2.28. The van der Waals surface area contributed by atoms with Crippen LogP contribution in [0, 0.1) is 17.6 Å². The Morgan fingerprint density at radius 2 is 2.26 bits per heavy atom. The molecule has 2 atom stereocenters. The Balaban J connectivity index is 2.02. The molecule has 1 aliphatic rings. The number of carbonyl (C=O) groups is 1. The molecule has 0 bridgehead atoms. The van der Waals surface area contributed by atoms with Crippen molar-refractivity contribution in [2.75, 3.05) is 11.9 Å². The van der Waals surface area contributed by atoms with Crippen molar-refractivity contribution in [1.29, 1.82) is 0 Å². The number of nitrogens with one attached hydrogen (secondary N) is 2. The van der Waals surface area contributed by atoms with Gasteiger partial charge in [-0.05, 0) is 37.4 Å². The van der Waals surface area contributed by atoms with Crippen LogP contribution in [0.1, 0.15) is 26.2 Å². The van der Waals surface area contributed by atoms with E-state index in [0.29, 0.717) is 5.92 Å². The van der Waals surface area contributed by atoms with Crippen molar-refractivity contribution in [2.45, 2.75) is 32.2 Å². The highest BCUT2D eigenvalue weighted by molar-refractivity contribution is 5.95. The molecule has 0 radical (unpaired) electrons. The van der Waals surface area contributed by atoms with Crippen LogP contribution in [0.25, 0.3) is 0 Å². The minimum atomic E-state index is -1.02. The molecule has 0 saturated carbocycles. The molecular formula is C14H18F2N2O. The van der Waals surface area contributed by atoms with E-state index in [1.807, 2.05) is 0 Å². The number of benzene rings is 1. The van der Waals surface area contributed by atoms with Gasteiger partial charge in [-0.1, -0.05) is 19.4 Å². The monoisotopic (exact) mass is 268 g/mol. The fourth-order valence-electron chi connectivity index (χ4n) is 2.39. The smallest absolute Gasteiger partial charge is 0.241 e. The molecule has 0 aliphatic carbocycles. The second-order valence-corrected chi connectivity index (χ2v) is 4.90. The highest BCUT2D eigenvalue weighted by atomic mass is 19.2. The predicted molar refractivity (Wildman–Crippen MR) is 69.8 cm³/mol. The number of carbonyl (C=O) groups excluding carboxylic acids is 1. The van der Waals surface area contributed by atoms with Crippen LogP contribution in [-0.2, 0) is 4.79 Å². The molecule has 1 aromatic rings. The summed E-state index contributed by atoms with van der Waals surface area (Å²) >= 11 is 0. The SMILES string of the molecule is CCC1CCNC(C(=O)Nc2cccc(F)c2F)C1. The Labute approximate surface area is 111 Å². The van der Waals surface area contributed by atoms with E-state index in [1.165, 1.54) is 12.1 Å². The summed E-state index contributed by atoms with van der Waals surface area (Å²) in [5.41, 5.74) is -0.106. The van der Waals surface area contributed by atoms with E-state index in [9.17, 15) is 13.6 Å². The predicted octanol–water partition coefficient (Wildman–Crippen LogP) is 2.68. The average molecular weight is 268 g/mol. The molecule has 0 spiro atoms. The van der Waals surface area contributed by atoms with Gasteiger partial charge in [-0.25, -0.2) is 8.78 Å². The van der Waals surface area contributed by atoms with E-state index in [2.05, 4.69) is 17.6 Å². The molecule has 1 aliphatic heterocycles. The summed E-state index contributed by atoms with van der Waals surface area (Å²) in [6, 6.07) is 3.42. The quantitative estimate of drug-likeness (QED) is 0.885. The van der Waals surface area contributed by atoms with Crippen LogP contribution >= 0.6 is 0 Å². The van der Waals surface area contributed by atoms with Gasteiger partial charge in [0.1, 0.15) is 0 Å². The van der Waals surface area contributed by atoms with Crippen LogP contribution < -0.4 is 10.6 Å². The fraction of sp³-hybridized carbons (Fsp3) is 0.500. The largest absolute Gasteiger partial charge is 0.322 e. The number of piperidine rings is 1. The van der Waals surface area contributed by atoms with E-state index >= 15 is 0 Å². The van der Waals surface area contributed by atoms with E-state index < -0.39 is 11.6 Å². The van der Waals surface area contributed by atoms with Crippen LogP contribution in [-0.4, -0.2) is 18.5 Å². The number of anilines is 1. The van der Waals surface area contributed by atoms with E-state index in [-0.39, 0.29) is 17.6 Å². The van der Waals surface area contributed by atoms with Crippen molar-refractivity contribution in [3.63, 3.8) is 0 Å². The fourth-order valence-corrected chi connectivity index (χ4v) is 2.39. The Morgan fingerprint density at radius 3 is 3.00 bits per heavy atom. The molecule has 2 N–H and O–H groups in total. The molecule has 19 heavy (non-hydrogen) atoms. The highest BCUT2D eigenvalue weighted by Gasteiger charge is 2.26. The van der Waals surface area contributed by atoms with Gasteiger partial charge in [0.25, 0.3) is 0 Å². The Morgan fingerprint density at radius 1 is 1.47 bits per heavy atom. The van der Waals surface area contributed by atoms with Crippen molar-refractivity contribution in [3.05, 3.63) is 29.8 Å². The van der Waals surface area contributed by atoms with E-state index in [0.717, 1.165) is 31.9 Å². The van der Waals surface area contributed by atoms with Gasteiger partial charge >= 0.3 is 0 Å². The maximum atomic E-state index is 13.5. The Kier molecular flexibility index (Phi) is 4.47. The molecule has 1 fully saturated rings. The van der Waals surface area contributed by atoms with Crippen LogP contribution in [0.3, 0.4) is 0 Å². The van der Waals surface area contributed by atoms with Gasteiger partial charge in [0.05, 0.1) is 11.7 Å². The van der Waals surface area contributed by atoms with E-state index in [4.69, 9.17) is 0 Å². The molecule has 1 aromatic carbocycles. The molecule has 1 saturated heterocycles. The maximum Gasteiger partial charge on any atom is 0.241 e. The van der Waals surface area contributed by atoms with Gasteiger partial charge in [0.2, 0.25) is 5.91 Å². The number of hydrogen-bond acceptors (Lipinski definition) is 2. The Bertz CT molecular complexity index is 465. The summed E-state index contributed by atoms with van der Waals surface area (Å²) in [6.45, 7) is 2.87. The first-order valence-corrected chi connectivity index (χ1v) is 6.60. The minimum Gasteiger partial charge on any atom is -0.322 e. The molecule has 5 heteroatoms. The minimum absolute atomic E-state index is 0.106. The maximum absolute atomic E-state index is 13.5. The third-order valence-corrected chi connectivity index (χ3v) is 3.62. The van der Waals surface area contributed by atoms with Crippen LogP contribution in [0.15, 0.2) is 18.2 Å². The van der Waals surface area contributed by atoms with Gasteiger partial charge < -0.3 is 10.6 Å². The van der Waals surface area contributed by atoms with E-state index in [1.54, 1.807) is 0 Å². The summed E-state index contributed by atoms with van der Waals surface area (Å²) in [6.07, 6.45) is 2.81. The van der Waals surface area contributed by atoms with Crippen LogP contribution in [0.2, 0.25) is 0 Å². The van der Waals surface area contributed by atoms with Crippen LogP contribution in [0.4, 0.5) is 14.5 Å². The average Bonchev–Trinajstić information content (AvgIpc) is 2.44. The molecular weight excluding hydrogens is 250 g/mol. The zero-order valence-corrected chi connectivity index (χ0v) is 10.9. The lowest BCUT2D eigenvalue weighted by Crippen LogP contribution is -2.46. The van der Waals surface area contributed by atoms with Crippen molar-refractivity contribution >= 4 is 11.6 Å². The van der Waals surface area contributed by atoms with Gasteiger partial charge in [-0.15, -0.1) is 0 Å². The number of rotatable bonds is 3. The first-order chi connectivity index (χ1) is 9.11. The molecule has 104 valence electrons. The summed E-state index contributed by atoms with van der Waals surface area (Å²) in [5, 5.41) is 5.56. The zero-order valence-electron chi connectivity index (χ0n) is 10.9. The molecule has 3 nitrogen and oxygen atoms in total. The second-order valence-electron chi connectivity index (χ2n) is 4.90. The number of hydrogen-bond donors (Lipinski definition) is 2. The molecule has 1 amide bonds. The van der Waals surface area contributed by atoms with Gasteiger partial charge in [-0.3, -0.25) is 4.79 Å². The first kappa shape index (κ1) is 13.9. The topological polar surface area (TPSA) is 41.1 Å². The number of halogens is 2. The molecule has 1 heterocycles. The second kappa shape index (κ2) is 6.10. The van der Waals surface area contributed by atoms with Crippen molar-refractivity contribution in [2.24, 2.45) is 5.92 Å². The summed E-state index contributed by atoms with van der Waals surface area (Å²) < 4.78 is 26.5. The highest BCUT2D eigenvalue weighted by Crippen LogP contribution is 2.21. The first-order valence-electron chi connectivity index (χ1n) is 6.60. The van der Waals surface area contributed by atoms with Gasteiger partial charge in [0, 0.05) is 0 Å². The van der Waals surface area contributed by atoms with Crippen molar-refractivity contribution < 1.29 is 13.6 Å². The zero-order chi connectivity index (χ0) is 13.8. The lowest BCUT2D eigenvalue weighted by atomic mass is 9.90. The third-order valence-electron chi connectivity index (χ3n) is 3.62. The third kappa shape index (κ3) is 3.29. The number of amides is 1. The molecule has 2 rings (SSSR count). The van der Waals surface area contributed by atoms with Gasteiger partial charge in [-0.2, -0.15) is 0 Å². The summed E-state index contributed by atoms with van der Waals surface area (Å²) in [4.78, 5) is 12.0. The molecule has 2 unspecified atom stereocenters. The van der Waals surface area contributed by atoms with Crippen LogP contribution in [0.5, 0.6) is 0 Å². The van der Waals surface area contributed by atoms with Crippen molar-refractivity contribution in [3.8, 4) is 0 Å². The molecule has 0 aromatic heterocycles. The normalized spacial score (nSPS) is 23.1.